The van der Waals surface area contributed by atoms with Crippen LogP contribution < -0.4 is 5.73 Å². The highest BCUT2D eigenvalue weighted by Crippen LogP contribution is 2.43. The molecule has 1 aliphatic carbocycles. The SMILES string of the molecule is [NH]C1(C(F)(F)F)CCC1. The Morgan fingerprint density at radius 1 is 1.22 bits per heavy atom. The van der Waals surface area contributed by atoms with Crippen molar-refractivity contribution in [3.8, 4) is 0 Å². The van der Waals surface area contributed by atoms with Crippen LogP contribution in [0.15, 0.2) is 0 Å². The molecule has 1 fully saturated rings. The molecule has 0 aromatic rings. The number of rotatable bonds is 0. The number of halogens is 3. The molecular formula is C5H7F3N. The first-order chi connectivity index (χ1) is 3.96. The van der Waals surface area contributed by atoms with E-state index in [-0.39, 0.29) is 12.8 Å². The molecule has 0 aromatic heterocycles. The predicted molar refractivity (Wildman–Crippen MR) is 25.7 cm³/mol. The lowest BCUT2D eigenvalue weighted by Crippen LogP contribution is -2.52. The van der Waals surface area contributed by atoms with Gasteiger partial charge in [0.1, 0.15) is 5.54 Å². The maximum Gasteiger partial charge on any atom is 0.407 e. The zero-order valence-corrected chi connectivity index (χ0v) is 4.76. The van der Waals surface area contributed by atoms with E-state index in [4.69, 9.17) is 5.73 Å². The van der Waals surface area contributed by atoms with Crippen molar-refractivity contribution < 1.29 is 13.2 Å². The van der Waals surface area contributed by atoms with Crippen LogP contribution in [-0.2, 0) is 0 Å². The Balaban J connectivity index is 2.59. The van der Waals surface area contributed by atoms with Crippen LogP contribution in [0, 0.1) is 0 Å². The van der Waals surface area contributed by atoms with Gasteiger partial charge in [-0.25, -0.2) is 5.73 Å². The summed E-state index contributed by atoms with van der Waals surface area (Å²) in [6.45, 7) is 0. The summed E-state index contributed by atoms with van der Waals surface area (Å²) in [7, 11) is 0. The van der Waals surface area contributed by atoms with Crippen molar-refractivity contribution in [3.63, 3.8) is 0 Å². The number of hydrogen-bond donors (Lipinski definition) is 0. The van der Waals surface area contributed by atoms with Crippen LogP contribution in [0.2, 0.25) is 0 Å². The van der Waals surface area contributed by atoms with E-state index in [0.29, 0.717) is 6.42 Å². The van der Waals surface area contributed by atoms with E-state index in [1.807, 2.05) is 0 Å². The summed E-state index contributed by atoms with van der Waals surface area (Å²) in [6.07, 6.45) is -3.79. The van der Waals surface area contributed by atoms with Gasteiger partial charge in [0, 0.05) is 0 Å². The first-order valence-corrected chi connectivity index (χ1v) is 2.77. The van der Waals surface area contributed by atoms with Gasteiger partial charge in [-0.1, -0.05) is 0 Å². The van der Waals surface area contributed by atoms with Crippen molar-refractivity contribution in [2.75, 3.05) is 0 Å². The molecule has 0 heterocycles. The average molecular weight is 138 g/mol. The normalized spacial score (nSPS) is 25.3. The van der Waals surface area contributed by atoms with Gasteiger partial charge in [-0.15, -0.1) is 0 Å². The smallest absolute Gasteiger partial charge is 0.242 e. The fourth-order valence-electron chi connectivity index (χ4n) is 0.814. The highest BCUT2D eigenvalue weighted by atomic mass is 19.4. The summed E-state index contributed by atoms with van der Waals surface area (Å²) >= 11 is 0. The van der Waals surface area contributed by atoms with E-state index < -0.39 is 11.7 Å². The zero-order chi connectivity index (χ0) is 7.12. The standard InChI is InChI=1S/C5H7F3N/c6-5(7,8)4(9)2-1-3-4/h9H,1-3H2. The molecule has 1 nitrogen and oxygen atoms in total. The van der Waals surface area contributed by atoms with Crippen LogP contribution in [0.1, 0.15) is 19.3 Å². The highest BCUT2D eigenvalue weighted by molar-refractivity contribution is 4.98. The van der Waals surface area contributed by atoms with Gasteiger partial charge >= 0.3 is 6.18 Å². The monoisotopic (exact) mass is 138 g/mol. The molecule has 1 saturated carbocycles. The lowest BCUT2D eigenvalue weighted by Gasteiger charge is -2.38. The molecule has 1 radical (unpaired) electrons. The molecule has 9 heavy (non-hydrogen) atoms. The fraction of sp³-hybridized carbons (Fsp3) is 1.00. The number of hydrogen-bond acceptors (Lipinski definition) is 0. The van der Waals surface area contributed by atoms with Gasteiger partial charge in [-0.05, 0) is 19.3 Å². The van der Waals surface area contributed by atoms with Crippen LogP contribution in [-0.4, -0.2) is 11.7 Å². The number of alkyl halides is 3. The van der Waals surface area contributed by atoms with Gasteiger partial charge in [0.05, 0.1) is 0 Å². The third kappa shape index (κ3) is 0.913. The van der Waals surface area contributed by atoms with Gasteiger partial charge in [0.15, 0.2) is 0 Å². The summed E-state index contributed by atoms with van der Waals surface area (Å²) < 4.78 is 35.1. The minimum Gasteiger partial charge on any atom is -0.242 e. The summed E-state index contributed by atoms with van der Waals surface area (Å²) in [5.41, 5.74) is 4.70. The molecule has 1 rings (SSSR count). The van der Waals surface area contributed by atoms with Gasteiger partial charge in [-0.2, -0.15) is 13.2 Å². The lowest BCUT2D eigenvalue weighted by atomic mass is 9.77. The molecule has 0 saturated heterocycles. The lowest BCUT2D eigenvalue weighted by molar-refractivity contribution is -0.209. The Bertz CT molecular complexity index is 114. The molecular weight excluding hydrogens is 131 g/mol. The van der Waals surface area contributed by atoms with Crippen molar-refractivity contribution in [1.29, 1.82) is 0 Å². The van der Waals surface area contributed by atoms with Crippen molar-refractivity contribution in [1.82, 2.24) is 5.73 Å². The Hall–Kier alpha value is -0.250. The summed E-state index contributed by atoms with van der Waals surface area (Å²) in [5.74, 6) is 0. The molecule has 0 amide bonds. The third-order valence-corrected chi connectivity index (χ3v) is 1.75. The summed E-state index contributed by atoms with van der Waals surface area (Å²) in [4.78, 5) is 0. The van der Waals surface area contributed by atoms with Crippen molar-refractivity contribution >= 4 is 0 Å². The van der Waals surface area contributed by atoms with E-state index >= 15 is 0 Å². The second-order valence-electron chi connectivity index (χ2n) is 2.43. The first kappa shape index (κ1) is 6.86. The van der Waals surface area contributed by atoms with Crippen molar-refractivity contribution in [3.05, 3.63) is 0 Å². The van der Waals surface area contributed by atoms with Gasteiger partial charge in [0.25, 0.3) is 0 Å². The molecule has 1 aliphatic rings. The molecule has 0 spiro atoms. The maximum absolute atomic E-state index is 11.7. The second kappa shape index (κ2) is 1.62. The topological polar surface area (TPSA) is 23.8 Å². The van der Waals surface area contributed by atoms with Crippen LogP contribution in [0.25, 0.3) is 0 Å². The van der Waals surface area contributed by atoms with E-state index in [2.05, 4.69) is 0 Å². The molecule has 1 N–H and O–H groups in total. The average Bonchev–Trinajstić information content (AvgIpc) is 1.57. The van der Waals surface area contributed by atoms with Gasteiger partial charge < -0.3 is 0 Å². The second-order valence-corrected chi connectivity index (χ2v) is 2.43. The van der Waals surface area contributed by atoms with Gasteiger partial charge in [-0.3, -0.25) is 0 Å². The molecule has 0 bridgehead atoms. The molecule has 0 aromatic carbocycles. The molecule has 0 aliphatic heterocycles. The van der Waals surface area contributed by atoms with E-state index in [9.17, 15) is 13.2 Å². The third-order valence-electron chi connectivity index (χ3n) is 1.75. The van der Waals surface area contributed by atoms with Crippen LogP contribution in [0.5, 0.6) is 0 Å². The maximum atomic E-state index is 11.7. The zero-order valence-electron chi connectivity index (χ0n) is 4.76. The Labute approximate surface area is 51.0 Å². The van der Waals surface area contributed by atoms with Crippen molar-refractivity contribution in [2.24, 2.45) is 0 Å². The van der Waals surface area contributed by atoms with E-state index in [0.717, 1.165) is 0 Å². The fourth-order valence-corrected chi connectivity index (χ4v) is 0.814. The van der Waals surface area contributed by atoms with Crippen LogP contribution in [0.4, 0.5) is 13.2 Å². The Morgan fingerprint density at radius 2 is 1.67 bits per heavy atom. The number of nitrogens with one attached hydrogen (secondary N) is 1. The highest BCUT2D eigenvalue weighted by Gasteiger charge is 2.56. The van der Waals surface area contributed by atoms with E-state index in [1.54, 1.807) is 0 Å². The first-order valence-electron chi connectivity index (χ1n) is 2.77. The van der Waals surface area contributed by atoms with Crippen LogP contribution >= 0.6 is 0 Å². The molecule has 0 atom stereocenters. The molecule has 0 unspecified atom stereocenters. The Kier molecular flexibility index (Phi) is 1.24. The van der Waals surface area contributed by atoms with Crippen molar-refractivity contribution in [2.45, 2.75) is 31.0 Å². The van der Waals surface area contributed by atoms with Gasteiger partial charge in [0.2, 0.25) is 0 Å². The van der Waals surface area contributed by atoms with E-state index in [1.165, 1.54) is 0 Å². The largest absolute Gasteiger partial charge is 0.407 e. The van der Waals surface area contributed by atoms with Crippen LogP contribution in [0.3, 0.4) is 0 Å². The predicted octanol–water partition coefficient (Wildman–Crippen LogP) is 1.75. The minimum absolute atomic E-state index is 0.0174. The molecule has 53 valence electrons. The Morgan fingerprint density at radius 3 is 1.67 bits per heavy atom. The summed E-state index contributed by atoms with van der Waals surface area (Å²) in [5, 5.41) is 0. The molecule has 4 heteroatoms. The quantitative estimate of drug-likeness (QED) is 0.487. The minimum atomic E-state index is -4.30. The summed E-state index contributed by atoms with van der Waals surface area (Å²) in [6, 6.07) is 0.